The maximum atomic E-state index is 5.74. The molecule has 80 valence electrons. The van der Waals surface area contributed by atoms with Crippen molar-refractivity contribution in [3.8, 4) is 0 Å². The van der Waals surface area contributed by atoms with Crippen LogP contribution in [-0.4, -0.2) is 6.54 Å². The van der Waals surface area contributed by atoms with Gasteiger partial charge >= 0.3 is 0 Å². The molecular weight excluding hydrogens is 273 g/mol. The second kappa shape index (κ2) is 4.69. The van der Waals surface area contributed by atoms with Crippen LogP contribution in [0.25, 0.3) is 0 Å². The summed E-state index contributed by atoms with van der Waals surface area (Å²) in [4.78, 5) is 0. The van der Waals surface area contributed by atoms with Gasteiger partial charge in [-0.05, 0) is 36.1 Å². The Morgan fingerprint density at radius 2 is 2.40 bits per heavy atom. The predicted octanol–water partition coefficient (Wildman–Crippen LogP) is 3.78. The molecule has 1 aliphatic rings. The number of halogens is 2. The fraction of sp³-hybridized carbons (Fsp3) is 0.333. The second-order valence-corrected chi connectivity index (χ2v) is 5.28. The predicted molar refractivity (Wildman–Crippen MR) is 68.2 cm³/mol. The molecule has 1 nitrogen and oxygen atoms in total. The molecule has 1 N–H and O–H groups in total. The topological polar surface area (TPSA) is 12.0 Å². The van der Waals surface area contributed by atoms with E-state index in [-0.39, 0.29) is 0 Å². The summed E-state index contributed by atoms with van der Waals surface area (Å²) in [6.07, 6.45) is 2.29. The summed E-state index contributed by atoms with van der Waals surface area (Å²) < 4.78 is 1.16. The van der Waals surface area contributed by atoms with Gasteiger partial charge in [-0.2, -0.15) is 0 Å². The van der Waals surface area contributed by atoms with Crippen molar-refractivity contribution in [1.29, 1.82) is 0 Å². The van der Waals surface area contributed by atoms with E-state index in [1.165, 1.54) is 11.1 Å². The van der Waals surface area contributed by atoms with Crippen LogP contribution in [0, 0.1) is 0 Å². The van der Waals surface area contributed by atoms with Crippen LogP contribution in [0.1, 0.15) is 23.6 Å². The monoisotopic (exact) mass is 285 g/mol. The number of aryl methyl sites for hydroxylation is 1. The Hall–Kier alpha value is -0.310. The first-order chi connectivity index (χ1) is 7.16. The van der Waals surface area contributed by atoms with E-state index in [2.05, 4.69) is 46.0 Å². The van der Waals surface area contributed by atoms with E-state index in [4.69, 9.17) is 11.6 Å². The van der Waals surface area contributed by atoms with Crippen molar-refractivity contribution in [2.75, 3.05) is 6.54 Å². The van der Waals surface area contributed by atoms with Crippen LogP contribution in [0.4, 0.5) is 0 Å². The summed E-state index contributed by atoms with van der Waals surface area (Å²) >= 11 is 9.24. The minimum absolute atomic E-state index is 0.434. The highest BCUT2D eigenvalue weighted by Crippen LogP contribution is 2.32. The number of rotatable bonds is 3. The van der Waals surface area contributed by atoms with Crippen LogP contribution in [0.3, 0.4) is 0 Å². The van der Waals surface area contributed by atoms with Gasteiger partial charge in [-0.25, -0.2) is 0 Å². The Labute approximate surface area is 104 Å². The third kappa shape index (κ3) is 2.63. The maximum Gasteiger partial charge on any atom is 0.0329 e. The lowest BCUT2D eigenvalue weighted by Gasteiger charge is -2.13. The molecule has 0 bridgehead atoms. The first-order valence-corrected chi connectivity index (χ1v) is 6.19. The average Bonchev–Trinajstić information content (AvgIpc) is 2.57. The quantitative estimate of drug-likeness (QED) is 0.892. The third-order valence-electron chi connectivity index (χ3n) is 2.72. The summed E-state index contributed by atoms with van der Waals surface area (Å²) in [7, 11) is 0. The van der Waals surface area contributed by atoms with Crippen molar-refractivity contribution < 1.29 is 0 Å². The fourth-order valence-electron chi connectivity index (χ4n) is 2.03. The Morgan fingerprint density at radius 3 is 3.13 bits per heavy atom. The summed E-state index contributed by atoms with van der Waals surface area (Å²) in [6, 6.07) is 6.91. The Kier molecular flexibility index (Phi) is 3.49. The van der Waals surface area contributed by atoms with Crippen molar-refractivity contribution in [3.05, 3.63) is 45.4 Å². The number of nitrogens with one attached hydrogen (secondary N) is 1. The lowest BCUT2D eigenvalue weighted by molar-refractivity contribution is 0.562. The van der Waals surface area contributed by atoms with Gasteiger partial charge in [0.15, 0.2) is 0 Å². The number of hydrogen-bond acceptors (Lipinski definition) is 1. The van der Waals surface area contributed by atoms with Gasteiger partial charge in [0.2, 0.25) is 0 Å². The molecule has 0 aromatic heterocycles. The van der Waals surface area contributed by atoms with Crippen LogP contribution in [-0.2, 0) is 6.42 Å². The number of hydrogen-bond donors (Lipinski definition) is 1. The number of benzene rings is 1. The van der Waals surface area contributed by atoms with Gasteiger partial charge in [0.05, 0.1) is 0 Å². The molecule has 0 aliphatic heterocycles. The van der Waals surface area contributed by atoms with Crippen LogP contribution in [0.5, 0.6) is 0 Å². The molecule has 2 rings (SSSR count). The Bertz CT molecular complexity index is 389. The molecule has 0 saturated carbocycles. The van der Waals surface area contributed by atoms with Crippen molar-refractivity contribution in [3.63, 3.8) is 0 Å². The zero-order valence-electron chi connectivity index (χ0n) is 8.39. The lowest BCUT2D eigenvalue weighted by Crippen LogP contribution is -2.20. The molecule has 1 aromatic rings. The standard InChI is InChI=1S/C12H13BrClN/c1-8(14)7-15-12-5-2-9-6-10(13)3-4-11(9)12/h3-4,6,12,15H,1-2,5,7H2. The molecule has 1 aromatic carbocycles. The molecule has 3 heteroatoms. The molecule has 0 fully saturated rings. The molecule has 0 amide bonds. The van der Waals surface area contributed by atoms with Crippen LogP contribution in [0.2, 0.25) is 0 Å². The van der Waals surface area contributed by atoms with E-state index in [9.17, 15) is 0 Å². The van der Waals surface area contributed by atoms with Gasteiger partial charge in [-0.1, -0.05) is 40.2 Å². The van der Waals surface area contributed by atoms with Crippen molar-refractivity contribution >= 4 is 27.5 Å². The van der Waals surface area contributed by atoms with Gasteiger partial charge in [0.1, 0.15) is 0 Å². The van der Waals surface area contributed by atoms with Gasteiger partial charge in [0.25, 0.3) is 0 Å². The number of fused-ring (bicyclic) bond motifs is 1. The van der Waals surface area contributed by atoms with Crippen molar-refractivity contribution in [1.82, 2.24) is 5.32 Å². The smallest absolute Gasteiger partial charge is 0.0329 e. The first-order valence-electron chi connectivity index (χ1n) is 5.02. The maximum absolute atomic E-state index is 5.74. The van der Waals surface area contributed by atoms with E-state index in [1.807, 2.05) is 0 Å². The van der Waals surface area contributed by atoms with E-state index in [0.29, 0.717) is 17.6 Å². The van der Waals surface area contributed by atoms with Crippen molar-refractivity contribution in [2.24, 2.45) is 0 Å². The molecule has 0 spiro atoms. The summed E-state index contributed by atoms with van der Waals surface area (Å²) in [5.74, 6) is 0. The molecule has 15 heavy (non-hydrogen) atoms. The van der Waals surface area contributed by atoms with Gasteiger partial charge in [0, 0.05) is 22.1 Å². The highest BCUT2D eigenvalue weighted by atomic mass is 79.9. The van der Waals surface area contributed by atoms with Crippen LogP contribution < -0.4 is 5.32 Å². The molecule has 1 aliphatic carbocycles. The largest absolute Gasteiger partial charge is 0.305 e. The van der Waals surface area contributed by atoms with E-state index in [1.54, 1.807) is 0 Å². The second-order valence-electron chi connectivity index (χ2n) is 3.83. The highest BCUT2D eigenvalue weighted by Gasteiger charge is 2.21. The van der Waals surface area contributed by atoms with Crippen LogP contribution in [0.15, 0.2) is 34.3 Å². The zero-order valence-corrected chi connectivity index (χ0v) is 10.7. The van der Waals surface area contributed by atoms with Gasteiger partial charge < -0.3 is 5.32 Å². The molecule has 0 radical (unpaired) electrons. The Balaban J connectivity index is 2.11. The van der Waals surface area contributed by atoms with Gasteiger partial charge in [-0.15, -0.1) is 0 Å². The minimum atomic E-state index is 0.434. The first kappa shape index (κ1) is 11.2. The minimum Gasteiger partial charge on any atom is -0.305 e. The third-order valence-corrected chi connectivity index (χ3v) is 3.35. The summed E-state index contributed by atoms with van der Waals surface area (Å²) in [6.45, 7) is 4.36. The summed E-state index contributed by atoms with van der Waals surface area (Å²) in [5.41, 5.74) is 2.83. The Morgan fingerprint density at radius 1 is 1.60 bits per heavy atom. The van der Waals surface area contributed by atoms with E-state index < -0.39 is 0 Å². The fourth-order valence-corrected chi connectivity index (χ4v) is 2.52. The molecule has 1 atom stereocenters. The zero-order chi connectivity index (χ0) is 10.8. The molecule has 0 saturated heterocycles. The van der Waals surface area contributed by atoms with E-state index >= 15 is 0 Å². The summed E-state index contributed by atoms with van der Waals surface area (Å²) in [5, 5.41) is 4.08. The molecule has 0 heterocycles. The highest BCUT2D eigenvalue weighted by molar-refractivity contribution is 9.10. The van der Waals surface area contributed by atoms with Crippen LogP contribution >= 0.6 is 27.5 Å². The van der Waals surface area contributed by atoms with Crippen molar-refractivity contribution in [2.45, 2.75) is 18.9 Å². The van der Waals surface area contributed by atoms with Gasteiger partial charge in [-0.3, -0.25) is 0 Å². The molecular formula is C12H13BrClN. The van der Waals surface area contributed by atoms with E-state index in [0.717, 1.165) is 17.3 Å². The SMILES string of the molecule is C=C(Cl)CNC1CCc2cc(Br)ccc21. The normalized spacial score (nSPS) is 18.9. The molecule has 1 unspecified atom stereocenters. The average molecular weight is 287 g/mol. The lowest BCUT2D eigenvalue weighted by atomic mass is 10.1.